The maximum absolute atomic E-state index is 7.39. The molecule has 0 amide bonds. The van der Waals surface area contributed by atoms with Gasteiger partial charge in [0.15, 0.2) is 0 Å². The number of nitrogens with two attached hydrogens (primary N) is 1. The van der Waals surface area contributed by atoms with Crippen LogP contribution in [0.4, 0.5) is 0 Å². The number of benzene rings is 2. The molecule has 0 saturated heterocycles. The van der Waals surface area contributed by atoms with Crippen molar-refractivity contribution in [2.75, 3.05) is 6.61 Å². The van der Waals surface area contributed by atoms with Crippen molar-refractivity contribution in [2.45, 2.75) is 16.6 Å². The number of thioether (sulfide) groups is 1. The zero-order chi connectivity index (χ0) is 14.8. The fourth-order valence-electron chi connectivity index (χ4n) is 2.32. The lowest BCUT2D eigenvalue weighted by atomic mass is 10.1. The molecular formula is C16H15ClN2OS. The smallest absolute Gasteiger partial charge is 0.137 e. The molecule has 3 rings (SSSR count). The van der Waals surface area contributed by atoms with Crippen LogP contribution in [0, 0.1) is 5.41 Å². The second-order valence-electron chi connectivity index (χ2n) is 4.92. The second kappa shape index (κ2) is 6.00. The van der Waals surface area contributed by atoms with E-state index in [2.05, 4.69) is 24.3 Å². The van der Waals surface area contributed by atoms with Crippen molar-refractivity contribution >= 4 is 29.2 Å². The fraction of sp³-hybridized carbons (Fsp3) is 0.188. The number of nitrogen functional groups attached to an aromatic ring is 1. The second-order valence-corrected chi connectivity index (χ2v) is 6.67. The zero-order valence-corrected chi connectivity index (χ0v) is 12.9. The average molecular weight is 319 g/mol. The van der Waals surface area contributed by atoms with Crippen molar-refractivity contribution in [3.05, 3.63) is 58.6 Å². The van der Waals surface area contributed by atoms with Gasteiger partial charge in [-0.3, -0.25) is 5.41 Å². The summed E-state index contributed by atoms with van der Waals surface area (Å²) in [6.45, 7) is 0.610. The number of rotatable bonds is 4. The fourth-order valence-corrected chi connectivity index (χ4v) is 3.77. The lowest BCUT2D eigenvalue weighted by molar-refractivity contribution is 0.318. The van der Waals surface area contributed by atoms with Crippen LogP contribution in [0.3, 0.4) is 0 Å². The van der Waals surface area contributed by atoms with Crippen LogP contribution in [-0.2, 0) is 6.42 Å². The van der Waals surface area contributed by atoms with Gasteiger partial charge in [0.05, 0.1) is 5.02 Å². The third-order valence-electron chi connectivity index (χ3n) is 3.38. The first kappa shape index (κ1) is 14.3. The number of nitrogens with one attached hydrogen (secondary N) is 1. The van der Waals surface area contributed by atoms with Crippen molar-refractivity contribution < 1.29 is 4.74 Å². The molecule has 3 N–H and O–H groups in total. The summed E-state index contributed by atoms with van der Waals surface area (Å²) in [6.07, 6.45) is 1.02. The van der Waals surface area contributed by atoms with Gasteiger partial charge in [0, 0.05) is 15.7 Å². The minimum Gasteiger partial charge on any atom is -0.491 e. The van der Waals surface area contributed by atoms with Gasteiger partial charge >= 0.3 is 0 Å². The van der Waals surface area contributed by atoms with Gasteiger partial charge in [-0.2, -0.15) is 0 Å². The van der Waals surface area contributed by atoms with Crippen LogP contribution < -0.4 is 10.5 Å². The van der Waals surface area contributed by atoms with Gasteiger partial charge in [0.1, 0.15) is 18.2 Å². The van der Waals surface area contributed by atoms with E-state index < -0.39 is 0 Å². The topological polar surface area (TPSA) is 59.1 Å². The predicted molar refractivity (Wildman–Crippen MR) is 87.8 cm³/mol. The van der Waals surface area contributed by atoms with Crippen LogP contribution in [-0.4, -0.2) is 17.7 Å². The highest BCUT2D eigenvalue weighted by Gasteiger charge is 2.22. The molecule has 0 radical (unpaired) electrons. The maximum atomic E-state index is 7.39. The lowest BCUT2D eigenvalue weighted by Gasteiger charge is -2.12. The molecule has 2 aromatic carbocycles. The number of ether oxygens (including phenoxy) is 1. The summed E-state index contributed by atoms with van der Waals surface area (Å²) >= 11 is 8.01. The van der Waals surface area contributed by atoms with Gasteiger partial charge in [-0.05, 0) is 36.2 Å². The molecule has 0 aliphatic carbocycles. The molecule has 5 heteroatoms. The Bertz CT molecular complexity index is 665. The molecule has 1 unspecified atom stereocenters. The van der Waals surface area contributed by atoms with E-state index in [-0.39, 0.29) is 5.84 Å². The number of halogens is 1. The largest absolute Gasteiger partial charge is 0.491 e. The van der Waals surface area contributed by atoms with Crippen molar-refractivity contribution in [1.29, 1.82) is 5.41 Å². The first-order valence-electron chi connectivity index (χ1n) is 6.65. The van der Waals surface area contributed by atoms with E-state index in [1.165, 1.54) is 10.5 Å². The third kappa shape index (κ3) is 3.17. The Balaban J connectivity index is 1.63. The molecule has 0 aromatic heterocycles. The van der Waals surface area contributed by atoms with Crippen LogP contribution >= 0.6 is 23.4 Å². The summed E-state index contributed by atoms with van der Waals surface area (Å²) in [7, 11) is 0. The van der Waals surface area contributed by atoms with Crippen molar-refractivity contribution in [1.82, 2.24) is 0 Å². The number of hydrogen-bond donors (Lipinski definition) is 2. The minimum atomic E-state index is 0.00486. The van der Waals surface area contributed by atoms with Crippen LogP contribution in [0.15, 0.2) is 47.4 Å². The monoisotopic (exact) mass is 318 g/mol. The molecule has 3 nitrogen and oxygen atoms in total. The molecule has 1 aliphatic heterocycles. The molecule has 0 fully saturated rings. The van der Waals surface area contributed by atoms with Gasteiger partial charge in [-0.25, -0.2) is 0 Å². The highest BCUT2D eigenvalue weighted by Crippen LogP contribution is 2.37. The molecule has 0 spiro atoms. The molecule has 108 valence electrons. The van der Waals surface area contributed by atoms with Gasteiger partial charge in [-0.1, -0.05) is 29.8 Å². The first-order valence-corrected chi connectivity index (χ1v) is 7.90. The van der Waals surface area contributed by atoms with Crippen LogP contribution in [0.25, 0.3) is 0 Å². The van der Waals surface area contributed by atoms with E-state index in [9.17, 15) is 0 Å². The summed E-state index contributed by atoms with van der Waals surface area (Å²) in [5.74, 6) is 0.642. The molecule has 1 aliphatic rings. The standard InChI is InChI=1S/C16H15ClN2OS/c17-13-8-11(16(18)19)5-6-14(13)20-9-12-7-10-3-1-2-4-15(10)21-12/h1-6,8,12H,7,9H2,(H3,18,19). The Morgan fingerprint density at radius 3 is 2.86 bits per heavy atom. The van der Waals surface area contributed by atoms with E-state index in [0.717, 1.165) is 6.42 Å². The molecule has 2 aromatic rings. The predicted octanol–water partition coefficient (Wildman–Crippen LogP) is 3.72. The summed E-state index contributed by atoms with van der Waals surface area (Å²) in [6, 6.07) is 13.6. The van der Waals surface area contributed by atoms with E-state index in [4.69, 9.17) is 27.5 Å². The van der Waals surface area contributed by atoms with Crippen molar-refractivity contribution in [2.24, 2.45) is 5.73 Å². The SMILES string of the molecule is N=C(N)c1ccc(OCC2Cc3ccccc3S2)c(Cl)c1. The molecule has 21 heavy (non-hydrogen) atoms. The first-order chi connectivity index (χ1) is 10.1. The maximum Gasteiger partial charge on any atom is 0.137 e. The number of fused-ring (bicyclic) bond motifs is 1. The Hall–Kier alpha value is -1.65. The van der Waals surface area contributed by atoms with Gasteiger partial charge in [0.2, 0.25) is 0 Å². The molecule has 1 atom stereocenters. The lowest BCUT2D eigenvalue weighted by Crippen LogP contribution is -2.14. The van der Waals surface area contributed by atoms with E-state index in [1.807, 2.05) is 11.8 Å². The van der Waals surface area contributed by atoms with E-state index in [0.29, 0.717) is 28.2 Å². The number of hydrogen-bond acceptors (Lipinski definition) is 3. The molecular weight excluding hydrogens is 304 g/mol. The Kier molecular flexibility index (Phi) is 4.08. The summed E-state index contributed by atoms with van der Waals surface area (Å²) in [5, 5.41) is 8.29. The molecule has 0 bridgehead atoms. The summed E-state index contributed by atoms with van der Waals surface area (Å²) < 4.78 is 5.82. The van der Waals surface area contributed by atoms with Crippen LogP contribution in [0.5, 0.6) is 5.75 Å². The third-order valence-corrected chi connectivity index (χ3v) is 4.97. The van der Waals surface area contributed by atoms with E-state index in [1.54, 1.807) is 18.2 Å². The van der Waals surface area contributed by atoms with Gasteiger partial charge in [0.25, 0.3) is 0 Å². The molecule has 0 saturated carbocycles. The Morgan fingerprint density at radius 2 is 2.14 bits per heavy atom. The average Bonchev–Trinajstić information content (AvgIpc) is 2.88. The van der Waals surface area contributed by atoms with Crippen LogP contribution in [0.2, 0.25) is 5.02 Å². The van der Waals surface area contributed by atoms with Gasteiger partial charge < -0.3 is 10.5 Å². The summed E-state index contributed by atoms with van der Waals surface area (Å²) in [5.41, 5.74) is 7.43. The van der Waals surface area contributed by atoms with Crippen molar-refractivity contribution in [3.63, 3.8) is 0 Å². The highest BCUT2D eigenvalue weighted by molar-refractivity contribution is 8.00. The Morgan fingerprint density at radius 1 is 1.33 bits per heavy atom. The number of amidine groups is 1. The van der Waals surface area contributed by atoms with Gasteiger partial charge in [-0.15, -0.1) is 11.8 Å². The zero-order valence-electron chi connectivity index (χ0n) is 11.3. The minimum absolute atomic E-state index is 0.00486. The quantitative estimate of drug-likeness (QED) is 0.667. The Labute approximate surface area is 133 Å². The highest BCUT2D eigenvalue weighted by atomic mass is 35.5. The van der Waals surface area contributed by atoms with Crippen LogP contribution in [0.1, 0.15) is 11.1 Å². The molecule has 1 heterocycles. The normalized spacial score (nSPS) is 16.5. The van der Waals surface area contributed by atoms with E-state index >= 15 is 0 Å². The summed E-state index contributed by atoms with van der Waals surface area (Å²) in [4.78, 5) is 1.34. The van der Waals surface area contributed by atoms with Crippen molar-refractivity contribution in [3.8, 4) is 5.75 Å².